The molecule has 2 aromatic rings. The van der Waals surface area contributed by atoms with Crippen LogP contribution in [0.5, 0.6) is 11.5 Å². The van der Waals surface area contributed by atoms with Gasteiger partial charge in [0.25, 0.3) is 5.91 Å². The number of hydrogen-bond acceptors (Lipinski definition) is 5. The van der Waals surface area contributed by atoms with Crippen LogP contribution in [0.1, 0.15) is 22.0 Å². The fourth-order valence-corrected chi connectivity index (χ4v) is 1.93. The van der Waals surface area contributed by atoms with E-state index in [1.54, 1.807) is 24.3 Å². The summed E-state index contributed by atoms with van der Waals surface area (Å²) in [7, 11) is 2.97. The molecule has 1 amide bonds. The number of aliphatic hydroxyl groups is 1. The van der Waals surface area contributed by atoms with Gasteiger partial charge in [0.2, 0.25) is 0 Å². The first-order chi connectivity index (χ1) is 10.2. The molecule has 6 nitrogen and oxygen atoms in total. The van der Waals surface area contributed by atoms with Crippen molar-refractivity contribution in [2.24, 2.45) is 0 Å². The molecule has 0 aliphatic rings. The van der Waals surface area contributed by atoms with Gasteiger partial charge in [-0.1, -0.05) is 6.07 Å². The molecule has 1 heterocycles. The smallest absolute Gasteiger partial charge is 0.255 e. The van der Waals surface area contributed by atoms with Crippen molar-refractivity contribution in [1.29, 1.82) is 0 Å². The number of carbonyl (C=O) groups is 1. The Bertz CT molecular complexity index is 594. The highest BCUT2D eigenvalue weighted by atomic mass is 16.5. The number of rotatable bonds is 6. The Morgan fingerprint density at radius 3 is 2.76 bits per heavy atom. The second-order valence-corrected chi connectivity index (χ2v) is 4.32. The van der Waals surface area contributed by atoms with Crippen LogP contribution in [0, 0.1) is 0 Å². The van der Waals surface area contributed by atoms with Gasteiger partial charge in [0, 0.05) is 12.1 Å². The third-order valence-electron chi connectivity index (χ3n) is 3.03. The minimum atomic E-state index is -0.829. The molecule has 0 saturated heterocycles. The van der Waals surface area contributed by atoms with Gasteiger partial charge in [0.1, 0.15) is 0 Å². The maximum atomic E-state index is 12.2. The maximum absolute atomic E-state index is 12.2. The van der Waals surface area contributed by atoms with Gasteiger partial charge < -0.3 is 24.3 Å². The Kier molecular flexibility index (Phi) is 4.84. The van der Waals surface area contributed by atoms with E-state index < -0.39 is 6.10 Å². The molecule has 1 atom stereocenters. The quantitative estimate of drug-likeness (QED) is 0.847. The largest absolute Gasteiger partial charge is 0.493 e. The average Bonchev–Trinajstić information content (AvgIpc) is 3.05. The van der Waals surface area contributed by atoms with Crippen molar-refractivity contribution in [3.63, 3.8) is 0 Å². The van der Waals surface area contributed by atoms with Crippen LogP contribution in [-0.2, 0) is 0 Å². The lowest BCUT2D eigenvalue weighted by molar-refractivity contribution is 0.0912. The van der Waals surface area contributed by atoms with Crippen LogP contribution >= 0.6 is 0 Å². The summed E-state index contributed by atoms with van der Waals surface area (Å²) in [5.41, 5.74) is 0.948. The van der Waals surface area contributed by atoms with Crippen LogP contribution in [0.2, 0.25) is 0 Å². The zero-order valence-corrected chi connectivity index (χ0v) is 11.8. The predicted octanol–water partition coefficient (Wildman–Crippen LogP) is 1.76. The number of aliphatic hydroxyl groups excluding tert-OH is 1. The summed E-state index contributed by atoms with van der Waals surface area (Å²) in [6.07, 6.45) is 2.07. The number of nitrogens with one attached hydrogen (secondary N) is 1. The molecular formula is C15H17NO5. The molecule has 1 aromatic heterocycles. The lowest BCUT2D eigenvalue weighted by Gasteiger charge is -2.14. The highest BCUT2D eigenvalue weighted by Gasteiger charge is 2.17. The summed E-state index contributed by atoms with van der Waals surface area (Å²) < 4.78 is 15.2. The number of benzene rings is 1. The number of amides is 1. The topological polar surface area (TPSA) is 80.9 Å². The van der Waals surface area contributed by atoms with E-state index in [2.05, 4.69) is 5.32 Å². The first-order valence-electron chi connectivity index (χ1n) is 6.36. The Balaban J connectivity index is 2.07. The molecule has 0 fully saturated rings. The molecule has 0 bridgehead atoms. The third-order valence-corrected chi connectivity index (χ3v) is 3.03. The second-order valence-electron chi connectivity index (χ2n) is 4.32. The van der Waals surface area contributed by atoms with Crippen LogP contribution in [-0.4, -0.2) is 31.8 Å². The summed E-state index contributed by atoms with van der Waals surface area (Å²) >= 11 is 0. The minimum Gasteiger partial charge on any atom is -0.493 e. The number of carbonyl (C=O) groups excluding carboxylic acids is 1. The molecule has 2 N–H and O–H groups in total. The van der Waals surface area contributed by atoms with Crippen LogP contribution in [0.4, 0.5) is 0 Å². The van der Waals surface area contributed by atoms with Crippen LogP contribution in [0.15, 0.2) is 41.2 Å². The number of para-hydroxylation sites is 1. The van der Waals surface area contributed by atoms with Crippen LogP contribution in [0.25, 0.3) is 0 Å². The molecule has 6 heteroatoms. The van der Waals surface area contributed by atoms with E-state index in [-0.39, 0.29) is 12.5 Å². The van der Waals surface area contributed by atoms with E-state index in [4.69, 9.17) is 13.9 Å². The minimum absolute atomic E-state index is 0.0682. The molecule has 0 radical (unpaired) electrons. The Morgan fingerprint density at radius 2 is 2.14 bits per heavy atom. The van der Waals surface area contributed by atoms with E-state index in [0.29, 0.717) is 22.6 Å². The number of methoxy groups -OCH3 is 2. The predicted molar refractivity (Wildman–Crippen MR) is 75.5 cm³/mol. The SMILES string of the molecule is COc1cccc(C(=O)NC[C@@H](O)c2ccoc2)c1OC. The summed E-state index contributed by atoms with van der Waals surface area (Å²) in [5, 5.41) is 12.5. The summed E-state index contributed by atoms with van der Waals surface area (Å²) in [5.74, 6) is 0.476. The van der Waals surface area contributed by atoms with Crippen molar-refractivity contribution in [1.82, 2.24) is 5.32 Å². The molecule has 2 rings (SSSR count). The molecule has 0 aliphatic carbocycles. The molecular weight excluding hydrogens is 274 g/mol. The summed E-state index contributed by atoms with van der Waals surface area (Å²) in [4.78, 5) is 12.2. The number of furan rings is 1. The fourth-order valence-electron chi connectivity index (χ4n) is 1.93. The Hall–Kier alpha value is -2.47. The monoisotopic (exact) mass is 291 g/mol. The van der Waals surface area contributed by atoms with Gasteiger partial charge in [0.05, 0.1) is 38.4 Å². The van der Waals surface area contributed by atoms with Crippen molar-refractivity contribution < 1.29 is 23.8 Å². The molecule has 0 aliphatic heterocycles. The van der Waals surface area contributed by atoms with Crippen LogP contribution < -0.4 is 14.8 Å². The van der Waals surface area contributed by atoms with Gasteiger partial charge in [-0.2, -0.15) is 0 Å². The van der Waals surface area contributed by atoms with E-state index in [9.17, 15) is 9.90 Å². The molecule has 1 aromatic carbocycles. The van der Waals surface area contributed by atoms with Gasteiger partial charge in [0.15, 0.2) is 11.5 Å². The Labute approximate surface area is 122 Å². The number of ether oxygens (including phenoxy) is 2. The van der Waals surface area contributed by atoms with Gasteiger partial charge in [-0.15, -0.1) is 0 Å². The second kappa shape index (κ2) is 6.81. The van der Waals surface area contributed by atoms with Crippen molar-refractivity contribution in [2.45, 2.75) is 6.10 Å². The van der Waals surface area contributed by atoms with Gasteiger partial charge >= 0.3 is 0 Å². The lowest BCUT2D eigenvalue weighted by atomic mass is 10.1. The molecule has 21 heavy (non-hydrogen) atoms. The zero-order chi connectivity index (χ0) is 15.2. The van der Waals surface area contributed by atoms with E-state index >= 15 is 0 Å². The van der Waals surface area contributed by atoms with Gasteiger partial charge in [-0.05, 0) is 18.2 Å². The van der Waals surface area contributed by atoms with Gasteiger partial charge in [-0.25, -0.2) is 0 Å². The highest BCUT2D eigenvalue weighted by Crippen LogP contribution is 2.30. The van der Waals surface area contributed by atoms with E-state index in [0.717, 1.165) is 0 Å². The first kappa shape index (κ1) is 14.9. The third kappa shape index (κ3) is 3.35. The van der Waals surface area contributed by atoms with E-state index in [1.807, 2.05) is 0 Å². The Morgan fingerprint density at radius 1 is 1.33 bits per heavy atom. The molecule has 0 saturated carbocycles. The van der Waals surface area contributed by atoms with Crippen molar-refractivity contribution in [2.75, 3.05) is 20.8 Å². The van der Waals surface area contributed by atoms with Crippen molar-refractivity contribution >= 4 is 5.91 Å². The highest BCUT2D eigenvalue weighted by molar-refractivity contribution is 5.97. The number of hydrogen-bond donors (Lipinski definition) is 2. The lowest BCUT2D eigenvalue weighted by Crippen LogP contribution is -2.28. The zero-order valence-electron chi connectivity index (χ0n) is 11.8. The molecule has 0 spiro atoms. The van der Waals surface area contributed by atoms with Gasteiger partial charge in [-0.3, -0.25) is 4.79 Å². The fraction of sp³-hybridized carbons (Fsp3) is 0.267. The molecule has 112 valence electrons. The average molecular weight is 291 g/mol. The first-order valence-corrected chi connectivity index (χ1v) is 6.36. The molecule has 0 unspecified atom stereocenters. The summed E-state index contributed by atoms with van der Waals surface area (Å²) in [6.45, 7) is 0.0682. The van der Waals surface area contributed by atoms with Crippen molar-refractivity contribution in [3.8, 4) is 11.5 Å². The summed E-state index contributed by atoms with van der Waals surface area (Å²) in [6, 6.07) is 6.67. The van der Waals surface area contributed by atoms with Crippen molar-refractivity contribution in [3.05, 3.63) is 47.9 Å². The van der Waals surface area contributed by atoms with E-state index in [1.165, 1.54) is 26.7 Å². The maximum Gasteiger partial charge on any atom is 0.255 e. The normalized spacial score (nSPS) is 11.8. The standard InChI is InChI=1S/C15H17NO5/c1-19-13-5-3-4-11(14(13)20-2)15(18)16-8-12(17)10-6-7-21-9-10/h3-7,9,12,17H,8H2,1-2H3,(H,16,18)/t12-/m1/s1. The van der Waals surface area contributed by atoms with Crippen LogP contribution in [0.3, 0.4) is 0 Å².